The van der Waals surface area contributed by atoms with E-state index in [2.05, 4.69) is 10.4 Å². The lowest BCUT2D eigenvalue weighted by molar-refractivity contribution is -0.198. The maximum atomic E-state index is 12.2. The Labute approximate surface area is 124 Å². The molecule has 0 aliphatic heterocycles. The number of hydrogen-bond acceptors (Lipinski definition) is 5. The standard InChI is InChI=1S/C11H16ClF3N4O2/c1-18(2)3-4-19-10(21)9(12)7(5-17-19)16-6-8(20)11(13,14)15/h5,8,16,20H,3-4,6H2,1-2H3. The number of rotatable bonds is 6. The third-order valence-electron chi connectivity index (χ3n) is 2.61. The molecule has 0 aromatic carbocycles. The van der Waals surface area contributed by atoms with E-state index in [0.29, 0.717) is 13.1 Å². The first-order valence-corrected chi connectivity index (χ1v) is 6.39. The molecule has 1 aromatic rings. The number of hydrogen-bond donors (Lipinski definition) is 2. The summed E-state index contributed by atoms with van der Waals surface area (Å²) in [7, 11) is 3.64. The lowest BCUT2D eigenvalue weighted by atomic mass is 10.3. The molecular formula is C11H16ClF3N4O2. The van der Waals surface area contributed by atoms with Crippen LogP contribution in [0.2, 0.25) is 5.02 Å². The van der Waals surface area contributed by atoms with Crippen molar-refractivity contribution >= 4 is 17.3 Å². The van der Waals surface area contributed by atoms with E-state index in [1.807, 2.05) is 19.0 Å². The van der Waals surface area contributed by atoms with Crippen LogP contribution in [0.4, 0.5) is 18.9 Å². The van der Waals surface area contributed by atoms with E-state index in [0.717, 1.165) is 10.9 Å². The molecule has 0 fully saturated rings. The number of nitrogens with zero attached hydrogens (tertiary/aromatic N) is 3. The molecule has 120 valence electrons. The number of anilines is 1. The molecule has 2 N–H and O–H groups in total. The first kappa shape index (κ1) is 17.7. The molecule has 0 aliphatic carbocycles. The van der Waals surface area contributed by atoms with Crippen molar-refractivity contribution in [2.24, 2.45) is 0 Å². The Morgan fingerprint density at radius 3 is 2.67 bits per heavy atom. The second-order valence-corrected chi connectivity index (χ2v) is 5.02. The maximum absolute atomic E-state index is 12.2. The van der Waals surface area contributed by atoms with E-state index in [4.69, 9.17) is 16.7 Å². The second kappa shape index (κ2) is 7.10. The van der Waals surface area contributed by atoms with E-state index in [1.165, 1.54) is 0 Å². The van der Waals surface area contributed by atoms with Crippen LogP contribution < -0.4 is 10.9 Å². The monoisotopic (exact) mass is 328 g/mol. The topological polar surface area (TPSA) is 70.4 Å². The Hall–Kier alpha value is -1.32. The number of alkyl halides is 3. The smallest absolute Gasteiger partial charge is 0.382 e. The minimum absolute atomic E-state index is 0.0499. The van der Waals surface area contributed by atoms with Gasteiger partial charge in [-0.3, -0.25) is 4.79 Å². The SMILES string of the molecule is CN(C)CCn1ncc(NCC(O)C(F)(F)F)c(Cl)c1=O. The summed E-state index contributed by atoms with van der Waals surface area (Å²) in [6, 6.07) is 0. The lowest BCUT2D eigenvalue weighted by Gasteiger charge is -2.16. The van der Waals surface area contributed by atoms with E-state index in [9.17, 15) is 18.0 Å². The highest BCUT2D eigenvalue weighted by Gasteiger charge is 2.37. The third-order valence-corrected chi connectivity index (χ3v) is 2.97. The van der Waals surface area contributed by atoms with Crippen molar-refractivity contribution in [2.45, 2.75) is 18.8 Å². The van der Waals surface area contributed by atoms with Gasteiger partial charge >= 0.3 is 6.18 Å². The second-order valence-electron chi connectivity index (χ2n) is 4.64. The van der Waals surface area contributed by atoms with Gasteiger partial charge in [0, 0.05) is 13.1 Å². The Morgan fingerprint density at radius 2 is 2.14 bits per heavy atom. The predicted octanol–water partition coefficient (Wildman–Crippen LogP) is 0.793. The van der Waals surface area contributed by atoms with Crippen molar-refractivity contribution in [2.75, 3.05) is 32.5 Å². The number of aromatic nitrogens is 2. The van der Waals surface area contributed by atoms with Gasteiger partial charge in [-0.2, -0.15) is 18.3 Å². The fourth-order valence-electron chi connectivity index (χ4n) is 1.36. The van der Waals surface area contributed by atoms with E-state index < -0.39 is 24.4 Å². The zero-order valence-corrected chi connectivity index (χ0v) is 12.2. The van der Waals surface area contributed by atoms with Gasteiger partial charge in [-0.05, 0) is 14.1 Å². The highest BCUT2D eigenvalue weighted by atomic mass is 35.5. The largest absolute Gasteiger partial charge is 0.416 e. The van der Waals surface area contributed by atoms with Gasteiger partial charge in [-0.15, -0.1) is 0 Å². The molecule has 0 amide bonds. The van der Waals surface area contributed by atoms with Crippen LogP contribution in [0.15, 0.2) is 11.0 Å². The van der Waals surface area contributed by atoms with Crippen LogP contribution in [0.3, 0.4) is 0 Å². The van der Waals surface area contributed by atoms with Gasteiger partial charge in [0.1, 0.15) is 5.02 Å². The van der Waals surface area contributed by atoms with Crippen LogP contribution in [0.1, 0.15) is 0 Å². The average Bonchev–Trinajstić information content (AvgIpc) is 2.37. The summed E-state index contributed by atoms with van der Waals surface area (Å²) in [4.78, 5) is 13.7. The summed E-state index contributed by atoms with van der Waals surface area (Å²) in [6.07, 6.45) is -6.14. The predicted molar refractivity (Wildman–Crippen MR) is 72.6 cm³/mol. The summed E-state index contributed by atoms with van der Waals surface area (Å²) in [5, 5.41) is 14.7. The van der Waals surface area contributed by atoms with Gasteiger partial charge in [0.05, 0.1) is 18.4 Å². The summed E-state index contributed by atoms with van der Waals surface area (Å²) in [5.74, 6) is 0. The molecule has 6 nitrogen and oxygen atoms in total. The van der Waals surface area contributed by atoms with Gasteiger partial charge < -0.3 is 15.3 Å². The normalized spacial score (nSPS) is 13.5. The Bertz CT molecular complexity index is 533. The summed E-state index contributed by atoms with van der Waals surface area (Å²) < 4.78 is 37.6. The van der Waals surface area contributed by atoms with Crippen LogP contribution in [0.5, 0.6) is 0 Å². The summed E-state index contributed by atoms with van der Waals surface area (Å²) in [6.45, 7) is 0.0475. The molecule has 0 spiro atoms. The first-order chi connectivity index (χ1) is 9.62. The van der Waals surface area contributed by atoms with Gasteiger partial charge in [-0.25, -0.2) is 4.68 Å². The summed E-state index contributed by atoms with van der Waals surface area (Å²) in [5.41, 5.74) is -0.656. The number of likely N-dealkylation sites (N-methyl/N-ethyl adjacent to an activating group) is 1. The van der Waals surface area contributed by atoms with Gasteiger partial charge in [-0.1, -0.05) is 11.6 Å². The lowest BCUT2D eigenvalue weighted by Crippen LogP contribution is -2.35. The fourth-order valence-corrected chi connectivity index (χ4v) is 1.58. The number of aliphatic hydroxyl groups is 1. The van der Waals surface area contributed by atoms with Gasteiger partial charge in [0.2, 0.25) is 0 Å². The minimum atomic E-state index is -4.74. The molecule has 1 unspecified atom stereocenters. The number of aliphatic hydroxyl groups excluding tert-OH is 1. The Balaban J connectivity index is 2.78. The molecule has 0 aliphatic rings. The zero-order chi connectivity index (χ0) is 16.2. The van der Waals surface area contributed by atoms with Crippen LogP contribution in [-0.4, -0.2) is 59.3 Å². The molecule has 0 saturated heterocycles. The van der Waals surface area contributed by atoms with E-state index in [1.54, 1.807) is 0 Å². The van der Waals surface area contributed by atoms with Crippen LogP contribution in [0, 0.1) is 0 Å². The molecule has 1 aromatic heterocycles. The minimum Gasteiger partial charge on any atom is -0.382 e. The number of nitrogens with one attached hydrogen (secondary N) is 1. The van der Waals surface area contributed by atoms with Crippen molar-refractivity contribution in [1.82, 2.24) is 14.7 Å². The average molecular weight is 329 g/mol. The van der Waals surface area contributed by atoms with Crippen molar-refractivity contribution in [3.63, 3.8) is 0 Å². The first-order valence-electron chi connectivity index (χ1n) is 6.02. The van der Waals surface area contributed by atoms with Crippen molar-refractivity contribution in [1.29, 1.82) is 0 Å². The molecule has 0 saturated carbocycles. The molecule has 1 rings (SSSR count). The molecule has 0 bridgehead atoms. The van der Waals surface area contributed by atoms with Crippen molar-refractivity contribution in [3.8, 4) is 0 Å². The molecule has 1 heterocycles. The Kier molecular flexibility index (Phi) is 5.99. The van der Waals surface area contributed by atoms with Gasteiger partial charge in [0.25, 0.3) is 5.56 Å². The molecule has 10 heteroatoms. The molecule has 0 radical (unpaired) electrons. The number of halogens is 4. The van der Waals surface area contributed by atoms with Crippen molar-refractivity contribution in [3.05, 3.63) is 21.6 Å². The summed E-state index contributed by atoms with van der Waals surface area (Å²) >= 11 is 5.80. The zero-order valence-electron chi connectivity index (χ0n) is 11.5. The molecular weight excluding hydrogens is 313 g/mol. The quantitative estimate of drug-likeness (QED) is 0.808. The maximum Gasteiger partial charge on any atom is 0.416 e. The molecule has 1 atom stereocenters. The van der Waals surface area contributed by atoms with Crippen molar-refractivity contribution < 1.29 is 18.3 Å². The van der Waals surface area contributed by atoms with Crippen LogP contribution in [-0.2, 0) is 6.54 Å². The highest BCUT2D eigenvalue weighted by molar-refractivity contribution is 6.32. The molecule has 21 heavy (non-hydrogen) atoms. The van der Waals surface area contributed by atoms with E-state index in [-0.39, 0.29) is 10.7 Å². The third kappa shape index (κ3) is 5.18. The van der Waals surface area contributed by atoms with Crippen LogP contribution >= 0.6 is 11.6 Å². The highest BCUT2D eigenvalue weighted by Crippen LogP contribution is 2.21. The van der Waals surface area contributed by atoms with Gasteiger partial charge in [0.15, 0.2) is 6.10 Å². The van der Waals surface area contributed by atoms with Crippen LogP contribution in [0.25, 0.3) is 0 Å². The fraction of sp³-hybridized carbons (Fsp3) is 0.636. The Morgan fingerprint density at radius 1 is 1.52 bits per heavy atom. The van der Waals surface area contributed by atoms with E-state index >= 15 is 0 Å².